The normalized spacial score (nSPS) is 9.93. The van der Waals surface area contributed by atoms with Gasteiger partial charge in [-0.3, -0.25) is 4.68 Å². The highest BCUT2D eigenvalue weighted by Crippen LogP contribution is 2.21. The minimum absolute atomic E-state index is 0.122. The molecule has 0 spiro atoms. The quantitative estimate of drug-likeness (QED) is 0.764. The van der Waals surface area contributed by atoms with Crippen molar-refractivity contribution in [1.29, 1.82) is 0 Å². The summed E-state index contributed by atoms with van der Waals surface area (Å²) in [4.78, 5) is 10.9. The minimum atomic E-state index is -0.398. The number of aromatic nitrogens is 2. The maximum absolute atomic E-state index is 10.9. The van der Waals surface area contributed by atoms with Crippen molar-refractivity contribution >= 4 is 21.9 Å². The molecule has 1 rings (SSSR count). The van der Waals surface area contributed by atoms with Crippen LogP contribution in [0.5, 0.6) is 5.88 Å². The molecular formula is C8H11BrN2O3. The third-order valence-corrected chi connectivity index (χ3v) is 1.93. The molecule has 0 aliphatic carbocycles. The van der Waals surface area contributed by atoms with Crippen LogP contribution in [0.3, 0.4) is 0 Å². The van der Waals surface area contributed by atoms with E-state index in [-0.39, 0.29) is 6.61 Å². The van der Waals surface area contributed by atoms with Crippen molar-refractivity contribution in [3.63, 3.8) is 0 Å². The topological polar surface area (TPSA) is 53.4 Å². The van der Waals surface area contributed by atoms with Crippen molar-refractivity contribution in [1.82, 2.24) is 9.78 Å². The molecule has 0 saturated heterocycles. The Morgan fingerprint density at radius 1 is 1.71 bits per heavy atom. The molecule has 78 valence electrons. The van der Waals surface area contributed by atoms with Crippen LogP contribution in [0.1, 0.15) is 6.92 Å². The predicted molar refractivity (Wildman–Crippen MR) is 53.0 cm³/mol. The Labute approximate surface area is 90.1 Å². The maximum atomic E-state index is 10.9. The molecule has 0 aromatic carbocycles. The molecule has 0 unspecified atom stereocenters. The average Bonchev–Trinajstić information content (AvgIpc) is 2.42. The molecule has 1 aromatic rings. The van der Waals surface area contributed by atoms with Crippen molar-refractivity contribution in [2.45, 2.75) is 6.92 Å². The van der Waals surface area contributed by atoms with E-state index >= 15 is 0 Å². The van der Waals surface area contributed by atoms with E-state index in [0.717, 1.165) is 0 Å². The van der Waals surface area contributed by atoms with Gasteiger partial charge in [-0.15, -0.1) is 5.10 Å². The molecular weight excluding hydrogens is 252 g/mol. The standard InChI is InChI=1S/C8H11BrN2O3/c1-3-13-7(12)5-14-8-6(9)4-11(2)10-8/h4H,3,5H2,1-2H3. The molecule has 1 heterocycles. The van der Waals surface area contributed by atoms with Crippen LogP contribution < -0.4 is 4.74 Å². The molecule has 0 N–H and O–H groups in total. The summed E-state index contributed by atoms with van der Waals surface area (Å²) in [6, 6.07) is 0. The predicted octanol–water partition coefficient (Wildman–Crippen LogP) is 1.12. The van der Waals surface area contributed by atoms with Crippen LogP contribution >= 0.6 is 15.9 Å². The first-order valence-electron chi connectivity index (χ1n) is 4.11. The van der Waals surface area contributed by atoms with Crippen LogP contribution in [0.15, 0.2) is 10.7 Å². The fraction of sp³-hybridized carbons (Fsp3) is 0.500. The van der Waals surface area contributed by atoms with Gasteiger partial charge in [0.2, 0.25) is 5.88 Å². The van der Waals surface area contributed by atoms with Gasteiger partial charge < -0.3 is 9.47 Å². The Hall–Kier alpha value is -1.04. The Bertz CT molecular complexity index is 324. The molecule has 5 nitrogen and oxygen atoms in total. The highest BCUT2D eigenvalue weighted by Gasteiger charge is 2.08. The monoisotopic (exact) mass is 262 g/mol. The van der Waals surface area contributed by atoms with Gasteiger partial charge >= 0.3 is 5.97 Å². The van der Waals surface area contributed by atoms with E-state index in [1.165, 1.54) is 0 Å². The fourth-order valence-corrected chi connectivity index (χ4v) is 1.36. The second kappa shape index (κ2) is 4.99. The lowest BCUT2D eigenvalue weighted by Crippen LogP contribution is -2.14. The van der Waals surface area contributed by atoms with Gasteiger partial charge in [0.15, 0.2) is 6.61 Å². The van der Waals surface area contributed by atoms with Gasteiger partial charge in [0.1, 0.15) is 0 Å². The van der Waals surface area contributed by atoms with Gasteiger partial charge in [-0.05, 0) is 22.9 Å². The lowest BCUT2D eigenvalue weighted by molar-refractivity contribution is -0.145. The van der Waals surface area contributed by atoms with Crippen LogP contribution in [0.2, 0.25) is 0 Å². The summed E-state index contributed by atoms with van der Waals surface area (Å²) in [7, 11) is 1.77. The molecule has 0 fully saturated rings. The van der Waals surface area contributed by atoms with Crippen LogP contribution in [-0.2, 0) is 16.6 Å². The van der Waals surface area contributed by atoms with Crippen molar-refractivity contribution in [2.75, 3.05) is 13.2 Å². The number of esters is 1. The van der Waals surface area contributed by atoms with E-state index in [2.05, 4.69) is 21.0 Å². The average molecular weight is 263 g/mol. The number of hydrogen-bond acceptors (Lipinski definition) is 4. The zero-order chi connectivity index (χ0) is 10.6. The van der Waals surface area contributed by atoms with Crippen LogP contribution in [-0.4, -0.2) is 29.0 Å². The Morgan fingerprint density at radius 2 is 2.43 bits per heavy atom. The lowest BCUT2D eigenvalue weighted by Gasteiger charge is -2.02. The molecule has 0 saturated carbocycles. The molecule has 6 heteroatoms. The van der Waals surface area contributed by atoms with Crippen molar-refractivity contribution in [2.24, 2.45) is 7.05 Å². The largest absolute Gasteiger partial charge is 0.464 e. The van der Waals surface area contributed by atoms with Gasteiger partial charge in [0.05, 0.1) is 11.1 Å². The van der Waals surface area contributed by atoms with Gasteiger partial charge in [-0.1, -0.05) is 0 Å². The number of rotatable bonds is 4. The van der Waals surface area contributed by atoms with E-state index in [9.17, 15) is 4.79 Å². The van der Waals surface area contributed by atoms with Gasteiger partial charge in [0, 0.05) is 13.2 Å². The molecule has 1 aromatic heterocycles. The first-order chi connectivity index (χ1) is 6.63. The number of carbonyl (C=O) groups excluding carboxylic acids is 1. The zero-order valence-corrected chi connectivity index (χ0v) is 9.57. The van der Waals surface area contributed by atoms with Crippen LogP contribution in [0.4, 0.5) is 0 Å². The summed E-state index contributed by atoms with van der Waals surface area (Å²) >= 11 is 3.25. The number of aryl methyl sites for hydroxylation is 1. The molecule has 0 radical (unpaired) electrons. The van der Waals surface area contributed by atoms with E-state index in [0.29, 0.717) is 17.0 Å². The summed E-state index contributed by atoms with van der Waals surface area (Å²) < 4.78 is 12.1. The fourth-order valence-electron chi connectivity index (χ4n) is 0.867. The highest BCUT2D eigenvalue weighted by atomic mass is 79.9. The number of carbonyl (C=O) groups is 1. The first-order valence-corrected chi connectivity index (χ1v) is 4.90. The van der Waals surface area contributed by atoms with Crippen LogP contribution in [0.25, 0.3) is 0 Å². The molecule has 0 aliphatic heterocycles. The Morgan fingerprint density at radius 3 is 2.93 bits per heavy atom. The van der Waals surface area contributed by atoms with Crippen molar-refractivity contribution < 1.29 is 14.3 Å². The molecule has 0 atom stereocenters. The zero-order valence-electron chi connectivity index (χ0n) is 7.99. The first kappa shape index (κ1) is 11.0. The van der Waals surface area contributed by atoms with E-state index in [1.807, 2.05) is 0 Å². The van der Waals surface area contributed by atoms with Crippen LogP contribution in [0, 0.1) is 0 Å². The number of halogens is 1. The summed E-state index contributed by atoms with van der Waals surface area (Å²) in [5.74, 6) is -0.00870. The number of ether oxygens (including phenoxy) is 2. The van der Waals surface area contributed by atoms with E-state index < -0.39 is 5.97 Å². The third kappa shape index (κ3) is 3.02. The van der Waals surface area contributed by atoms with Gasteiger partial charge in [0.25, 0.3) is 0 Å². The third-order valence-electron chi connectivity index (χ3n) is 1.39. The van der Waals surface area contributed by atoms with Crippen molar-refractivity contribution in [3.8, 4) is 5.88 Å². The van der Waals surface area contributed by atoms with Gasteiger partial charge in [-0.25, -0.2) is 4.79 Å². The summed E-state index contributed by atoms with van der Waals surface area (Å²) in [6.45, 7) is 1.98. The van der Waals surface area contributed by atoms with Gasteiger partial charge in [-0.2, -0.15) is 0 Å². The Kier molecular flexibility index (Phi) is 3.94. The Balaban J connectivity index is 2.45. The SMILES string of the molecule is CCOC(=O)COc1nn(C)cc1Br. The molecule has 0 amide bonds. The van der Waals surface area contributed by atoms with Crippen molar-refractivity contribution in [3.05, 3.63) is 10.7 Å². The van der Waals surface area contributed by atoms with E-state index in [1.54, 1.807) is 24.9 Å². The maximum Gasteiger partial charge on any atom is 0.344 e. The molecule has 14 heavy (non-hydrogen) atoms. The molecule has 0 aliphatic rings. The molecule has 0 bridgehead atoms. The second-order valence-electron chi connectivity index (χ2n) is 2.55. The summed E-state index contributed by atoms with van der Waals surface area (Å²) in [5, 5.41) is 3.98. The summed E-state index contributed by atoms with van der Waals surface area (Å²) in [5.41, 5.74) is 0. The highest BCUT2D eigenvalue weighted by molar-refractivity contribution is 9.10. The second-order valence-corrected chi connectivity index (χ2v) is 3.40. The van der Waals surface area contributed by atoms with E-state index in [4.69, 9.17) is 9.47 Å². The lowest BCUT2D eigenvalue weighted by atomic mass is 10.6. The smallest absolute Gasteiger partial charge is 0.344 e. The number of hydrogen-bond donors (Lipinski definition) is 0. The number of nitrogens with zero attached hydrogens (tertiary/aromatic N) is 2. The summed E-state index contributed by atoms with van der Waals surface area (Å²) in [6.07, 6.45) is 1.74. The minimum Gasteiger partial charge on any atom is -0.464 e.